The quantitative estimate of drug-likeness (QED) is 0.717. The van der Waals surface area contributed by atoms with Gasteiger partial charge in [-0.15, -0.1) is 0 Å². The van der Waals surface area contributed by atoms with Gasteiger partial charge in [-0.3, -0.25) is 4.79 Å². The van der Waals surface area contributed by atoms with Crippen LogP contribution >= 0.6 is 0 Å². The maximum absolute atomic E-state index is 11.1. The largest absolute Gasteiger partial charge is 0.381 e. The third-order valence-electron chi connectivity index (χ3n) is 2.37. The predicted molar refractivity (Wildman–Crippen MR) is 64.4 cm³/mol. The number of hydrogen-bond donors (Lipinski definition) is 1. The molecule has 0 radical (unpaired) electrons. The molecular formula is C13H19NO2. The van der Waals surface area contributed by atoms with Crippen LogP contribution < -0.4 is 5.73 Å². The first-order valence-corrected chi connectivity index (χ1v) is 5.71. The molecule has 1 aromatic carbocycles. The molecule has 2 N–H and O–H groups in total. The number of ether oxygens (including phenoxy) is 1. The minimum Gasteiger partial charge on any atom is -0.381 e. The summed E-state index contributed by atoms with van der Waals surface area (Å²) in [6, 6.07) is 7.47. The summed E-state index contributed by atoms with van der Waals surface area (Å²) in [5, 5.41) is 0. The second kappa shape index (κ2) is 7.01. The standard InChI is InChI=1S/C13H19NO2/c1-2-9-16-10-5-7-11-6-3-4-8-12(11)13(14)15/h3-4,6,8H,2,5,7,9-10H2,1H3,(H2,14,15). The first-order chi connectivity index (χ1) is 7.75. The lowest BCUT2D eigenvalue weighted by molar-refractivity contribution is 0.0998. The molecule has 88 valence electrons. The molecule has 0 fully saturated rings. The molecule has 3 heteroatoms. The Kier molecular flexibility index (Phi) is 5.57. The van der Waals surface area contributed by atoms with Gasteiger partial charge in [0.1, 0.15) is 0 Å². The molecule has 0 heterocycles. The molecule has 0 aliphatic heterocycles. The highest BCUT2D eigenvalue weighted by atomic mass is 16.5. The average molecular weight is 221 g/mol. The summed E-state index contributed by atoms with van der Waals surface area (Å²) < 4.78 is 5.39. The van der Waals surface area contributed by atoms with Crippen molar-refractivity contribution in [1.29, 1.82) is 0 Å². The maximum Gasteiger partial charge on any atom is 0.248 e. The molecule has 1 rings (SSSR count). The van der Waals surface area contributed by atoms with Crippen molar-refractivity contribution in [2.75, 3.05) is 13.2 Å². The monoisotopic (exact) mass is 221 g/mol. The van der Waals surface area contributed by atoms with Crippen LogP contribution in [0.3, 0.4) is 0 Å². The Balaban J connectivity index is 2.44. The Morgan fingerprint density at radius 1 is 1.31 bits per heavy atom. The van der Waals surface area contributed by atoms with E-state index >= 15 is 0 Å². The van der Waals surface area contributed by atoms with Crippen molar-refractivity contribution >= 4 is 5.91 Å². The van der Waals surface area contributed by atoms with Gasteiger partial charge in [0.05, 0.1) is 0 Å². The van der Waals surface area contributed by atoms with E-state index in [2.05, 4.69) is 6.92 Å². The van der Waals surface area contributed by atoms with Crippen LogP contribution in [0.25, 0.3) is 0 Å². The minimum absolute atomic E-state index is 0.356. The van der Waals surface area contributed by atoms with Crippen LogP contribution in [0, 0.1) is 0 Å². The van der Waals surface area contributed by atoms with Crippen molar-refractivity contribution in [2.45, 2.75) is 26.2 Å². The molecule has 16 heavy (non-hydrogen) atoms. The second-order valence-electron chi connectivity index (χ2n) is 3.74. The van der Waals surface area contributed by atoms with E-state index in [4.69, 9.17) is 10.5 Å². The number of carbonyl (C=O) groups excluding carboxylic acids is 1. The topological polar surface area (TPSA) is 52.3 Å². The summed E-state index contributed by atoms with van der Waals surface area (Å²) >= 11 is 0. The predicted octanol–water partition coefficient (Wildman–Crippen LogP) is 2.14. The number of primary amides is 1. The van der Waals surface area contributed by atoms with Crippen LogP contribution in [0.15, 0.2) is 24.3 Å². The highest BCUT2D eigenvalue weighted by Gasteiger charge is 2.06. The van der Waals surface area contributed by atoms with Crippen molar-refractivity contribution in [2.24, 2.45) is 5.73 Å². The molecule has 0 aliphatic carbocycles. The molecular weight excluding hydrogens is 202 g/mol. The van der Waals surface area contributed by atoms with E-state index < -0.39 is 0 Å². The lowest BCUT2D eigenvalue weighted by Crippen LogP contribution is -2.13. The van der Waals surface area contributed by atoms with Crippen LogP contribution in [0.4, 0.5) is 0 Å². The number of aryl methyl sites for hydroxylation is 1. The van der Waals surface area contributed by atoms with Crippen molar-refractivity contribution < 1.29 is 9.53 Å². The SMILES string of the molecule is CCCOCCCc1ccccc1C(N)=O. The average Bonchev–Trinajstić information content (AvgIpc) is 2.29. The van der Waals surface area contributed by atoms with Gasteiger partial charge in [0.15, 0.2) is 0 Å². The molecule has 1 aromatic rings. The third kappa shape index (κ3) is 4.03. The number of hydrogen-bond acceptors (Lipinski definition) is 2. The van der Waals surface area contributed by atoms with E-state index in [1.165, 1.54) is 0 Å². The van der Waals surface area contributed by atoms with Gasteiger partial charge in [-0.05, 0) is 30.9 Å². The van der Waals surface area contributed by atoms with Crippen molar-refractivity contribution in [1.82, 2.24) is 0 Å². The lowest BCUT2D eigenvalue weighted by Gasteiger charge is -2.06. The Labute approximate surface area is 96.6 Å². The lowest BCUT2D eigenvalue weighted by atomic mass is 10.0. The molecule has 0 bridgehead atoms. The summed E-state index contributed by atoms with van der Waals surface area (Å²) in [5.41, 5.74) is 6.93. The van der Waals surface area contributed by atoms with Gasteiger partial charge in [-0.1, -0.05) is 25.1 Å². The Hall–Kier alpha value is -1.35. The van der Waals surface area contributed by atoms with Crippen LogP contribution in [0.1, 0.15) is 35.7 Å². The van der Waals surface area contributed by atoms with Gasteiger partial charge in [-0.25, -0.2) is 0 Å². The summed E-state index contributed by atoms with van der Waals surface area (Å²) in [4.78, 5) is 11.1. The number of amides is 1. The number of benzene rings is 1. The molecule has 3 nitrogen and oxygen atoms in total. The molecule has 0 atom stereocenters. The van der Waals surface area contributed by atoms with Gasteiger partial charge in [-0.2, -0.15) is 0 Å². The normalized spacial score (nSPS) is 10.3. The third-order valence-corrected chi connectivity index (χ3v) is 2.37. The number of nitrogens with two attached hydrogens (primary N) is 1. The van der Waals surface area contributed by atoms with E-state index in [9.17, 15) is 4.79 Å². The Morgan fingerprint density at radius 2 is 2.06 bits per heavy atom. The van der Waals surface area contributed by atoms with Gasteiger partial charge in [0.2, 0.25) is 5.91 Å². The van der Waals surface area contributed by atoms with Crippen molar-refractivity contribution in [3.05, 3.63) is 35.4 Å². The fourth-order valence-corrected chi connectivity index (χ4v) is 1.59. The highest BCUT2D eigenvalue weighted by Crippen LogP contribution is 2.10. The Morgan fingerprint density at radius 3 is 2.75 bits per heavy atom. The molecule has 0 saturated carbocycles. The second-order valence-corrected chi connectivity index (χ2v) is 3.74. The highest BCUT2D eigenvalue weighted by molar-refractivity contribution is 5.94. The summed E-state index contributed by atoms with van der Waals surface area (Å²) in [5.74, 6) is -0.356. The smallest absolute Gasteiger partial charge is 0.248 e. The van der Waals surface area contributed by atoms with Crippen molar-refractivity contribution in [3.63, 3.8) is 0 Å². The van der Waals surface area contributed by atoms with E-state index in [-0.39, 0.29) is 5.91 Å². The molecule has 1 amide bonds. The summed E-state index contributed by atoms with van der Waals surface area (Å²) in [6.45, 7) is 3.63. The van der Waals surface area contributed by atoms with Gasteiger partial charge < -0.3 is 10.5 Å². The van der Waals surface area contributed by atoms with Crippen molar-refractivity contribution in [3.8, 4) is 0 Å². The zero-order valence-electron chi connectivity index (χ0n) is 9.74. The molecule has 0 aromatic heterocycles. The number of carbonyl (C=O) groups is 1. The van der Waals surface area contributed by atoms with Gasteiger partial charge >= 0.3 is 0 Å². The molecule has 0 aliphatic rings. The van der Waals surface area contributed by atoms with Crippen LogP contribution in [0.5, 0.6) is 0 Å². The zero-order chi connectivity index (χ0) is 11.8. The first-order valence-electron chi connectivity index (χ1n) is 5.71. The first kappa shape index (κ1) is 12.7. The number of rotatable bonds is 7. The van der Waals surface area contributed by atoms with Crippen LogP contribution in [0.2, 0.25) is 0 Å². The summed E-state index contributed by atoms with van der Waals surface area (Å²) in [7, 11) is 0. The van der Waals surface area contributed by atoms with Gasteiger partial charge in [0, 0.05) is 18.8 Å². The summed E-state index contributed by atoms with van der Waals surface area (Å²) in [6.07, 6.45) is 2.80. The van der Waals surface area contributed by atoms with E-state index in [1.807, 2.05) is 18.2 Å². The van der Waals surface area contributed by atoms with Crippen LogP contribution in [-0.2, 0) is 11.2 Å². The van der Waals surface area contributed by atoms with E-state index in [1.54, 1.807) is 6.07 Å². The maximum atomic E-state index is 11.1. The molecule has 0 saturated heterocycles. The molecule has 0 spiro atoms. The minimum atomic E-state index is -0.356. The van der Waals surface area contributed by atoms with E-state index in [0.29, 0.717) is 5.56 Å². The fourth-order valence-electron chi connectivity index (χ4n) is 1.59. The van der Waals surface area contributed by atoms with Gasteiger partial charge in [0.25, 0.3) is 0 Å². The zero-order valence-corrected chi connectivity index (χ0v) is 9.74. The van der Waals surface area contributed by atoms with E-state index in [0.717, 1.165) is 38.0 Å². The fraction of sp³-hybridized carbons (Fsp3) is 0.462. The van der Waals surface area contributed by atoms with Crippen LogP contribution in [-0.4, -0.2) is 19.1 Å². The molecule has 0 unspecified atom stereocenters. The Bertz CT molecular complexity index is 336.